The van der Waals surface area contributed by atoms with Gasteiger partial charge in [-0.2, -0.15) is 0 Å². The van der Waals surface area contributed by atoms with Crippen molar-refractivity contribution < 1.29 is 4.79 Å². The number of carbonyl (C=O) groups excluding carboxylic acids is 1. The van der Waals surface area contributed by atoms with Crippen LogP contribution in [0.5, 0.6) is 0 Å². The van der Waals surface area contributed by atoms with Gasteiger partial charge in [-0.1, -0.05) is 24.3 Å². The van der Waals surface area contributed by atoms with Gasteiger partial charge in [-0.25, -0.2) is 0 Å². The van der Waals surface area contributed by atoms with E-state index < -0.39 is 0 Å². The maximum absolute atomic E-state index is 12.2. The maximum Gasteiger partial charge on any atom is 0.239 e. The van der Waals surface area contributed by atoms with Crippen molar-refractivity contribution in [2.75, 3.05) is 26.7 Å². The Balaban J connectivity index is 1.90. The predicted octanol–water partition coefficient (Wildman–Crippen LogP) is 0.775. The van der Waals surface area contributed by atoms with Crippen LogP contribution in [0.3, 0.4) is 0 Å². The normalized spacial score (nSPS) is 27.7. The first-order valence-corrected chi connectivity index (χ1v) is 7.01. The maximum atomic E-state index is 12.2. The number of carbonyl (C=O) groups is 1. The zero-order chi connectivity index (χ0) is 13.4. The van der Waals surface area contributed by atoms with E-state index in [0.29, 0.717) is 6.54 Å². The second-order valence-electron chi connectivity index (χ2n) is 5.50. The summed E-state index contributed by atoms with van der Waals surface area (Å²) in [5, 5.41) is 0. The van der Waals surface area contributed by atoms with E-state index in [0.717, 1.165) is 25.9 Å². The van der Waals surface area contributed by atoms with Crippen molar-refractivity contribution >= 4 is 5.91 Å². The molecule has 0 radical (unpaired) electrons. The van der Waals surface area contributed by atoms with Crippen LogP contribution in [-0.4, -0.2) is 48.4 Å². The van der Waals surface area contributed by atoms with Crippen molar-refractivity contribution in [2.24, 2.45) is 5.73 Å². The molecule has 2 aliphatic rings. The standard InChI is InChI=1S/C15H21N3O/c1-17-8-7-13(15(17)19)18-9-6-11-4-2-3-5-12(11)14(18)10-16/h2-5,13-14H,6-10,16H2,1H3. The molecular formula is C15H21N3O. The molecule has 0 spiro atoms. The molecule has 1 saturated heterocycles. The third-order valence-electron chi connectivity index (χ3n) is 4.48. The summed E-state index contributed by atoms with van der Waals surface area (Å²) >= 11 is 0. The smallest absolute Gasteiger partial charge is 0.239 e. The molecule has 1 fully saturated rings. The van der Waals surface area contributed by atoms with E-state index in [1.54, 1.807) is 0 Å². The van der Waals surface area contributed by atoms with Crippen LogP contribution in [0.1, 0.15) is 23.6 Å². The Hall–Kier alpha value is -1.39. The van der Waals surface area contributed by atoms with Crippen molar-refractivity contribution in [3.05, 3.63) is 35.4 Å². The van der Waals surface area contributed by atoms with Gasteiger partial charge in [0, 0.05) is 32.7 Å². The molecule has 2 heterocycles. The molecule has 0 aliphatic carbocycles. The van der Waals surface area contributed by atoms with Gasteiger partial charge in [0.2, 0.25) is 5.91 Å². The molecule has 102 valence electrons. The highest BCUT2D eigenvalue weighted by atomic mass is 16.2. The largest absolute Gasteiger partial charge is 0.344 e. The Morgan fingerprint density at radius 1 is 1.32 bits per heavy atom. The zero-order valence-corrected chi connectivity index (χ0v) is 11.4. The summed E-state index contributed by atoms with van der Waals surface area (Å²) in [5.41, 5.74) is 8.68. The van der Waals surface area contributed by atoms with Gasteiger partial charge >= 0.3 is 0 Å². The molecule has 19 heavy (non-hydrogen) atoms. The Morgan fingerprint density at radius 2 is 2.11 bits per heavy atom. The number of likely N-dealkylation sites (N-methyl/N-ethyl adjacent to an activating group) is 1. The first-order valence-electron chi connectivity index (χ1n) is 7.01. The van der Waals surface area contributed by atoms with Crippen LogP contribution in [-0.2, 0) is 11.2 Å². The van der Waals surface area contributed by atoms with Crippen LogP contribution >= 0.6 is 0 Å². The minimum atomic E-state index is 0.0203. The average Bonchev–Trinajstić information content (AvgIpc) is 2.77. The first kappa shape index (κ1) is 12.6. The van der Waals surface area contributed by atoms with Crippen LogP contribution in [0, 0.1) is 0 Å². The number of hydrogen-bond acceptors (Lipinski definition) is 3. The highest BCUT2D eigenvalue weighted by molar-refractivity contribution is 5.83. The highest BCUT2D eigenvalue weighted by Gasteiger charge is 2.39. The molecule has 0 bridgehead atoms. The Kier molecular flexibility index (Phi) is 3.29. The molecule has 1 amide bonds. The van der Waals surface area contributed by atoms with Gasteiger partial charge < -0.3 is 10.6 Å². The fourth-order valence-electron chi connectivity index (χ4n) is 3.42. The molecule has 2 N–H and O–H groups in total. The third-order valence-corrected chi connectivity index (χ3v) is 4.48. The molecule has 2 unspecified atom stereocenters. The number of likely N-dealkylation sites (tertiary alicyclic amines) is 1. The summed E-state index contributed by atoms with van der Waals surface area (Å²) in [4.78, 5) is 16.4. The van der Waals surface area contributed by atoms with Crippen molar-refractivity contribution in [1.82, 2.24) is 9.80 Å². The number of nitrogens with two attached hydrogens (primary N) is 1. The van der Waals surface area contributed by atoms with Crippen LogP contribution in [0.25, 0.3) is 0 Å². The van der Waals surface area contributed by atoms with Gasteiger partial charge in [-0.15, -0.1) is 0 Å². The molecule has 4 heteroatoms. The molecule has 3 rings (SSSR count). The van der Waals surface area contributed by atoms with E-state index in [9.17, 15) is 4.79 Å². The van der Waals surface area contributed by atoms with Gasteiger partial charge in [0.1, 0.15) is 0 Å². The van der Waals surface area contributed by atoms with Crippen molar-refractivity contribution in [3.63, 3.8) is 0 Å². The van der Waals surface area contributed by atoms with Gasteiger partial charge in [-0.05, 0) is 24.0 Å². The molecule has 1 aromatic rings. The van der Waals surface area contributed by atoms with Gasteiger partial charge in [0.05, 0.1) is 6.04 Å². The lowest BCUT2D eigenvalue weighted by Crippen LogP contribution is -2.48. The van der Waals surface area contributed by atoms with Crippen LogP contribution in [0.4, 0.5) is 0 Å². The summed E-state index contributed by atoms with van der Waals surface area (Å²) < 4.78 is 0. The van der Waals surface area contributed by atoms with Crippen LogP contribution in [0.2, 0.25) is 0 Å². The quantitative estimate of drug-likeness (QED) is 0.853. The lowest BCUT2D eigenvalue weighted by atomic mass is 9.91. The predicted molar refractivity (Wildman–Crippen MR) is 74.7 cm³/mol. The fraction of sp³-hybridized carbons (Fsp3) is 0.533. The van der Waals surface area contributed by atoms with Gasteiger partial charge in [-0.3, -0.25) is 9.69 Å². The van der Waals surface area contributed by atoms with E-state index in [1.165, 1.54) is 11.1 Å². The van der Waals surface area contributed by atoms with E-state index in [1.807, 2.05) is 11.9 Å². The highest BCUT2D eigenvalue weighted by Crippen LogP contribution is 2.32. The summed E-state index contributed by atoms with van der Waals surface area (Å²) in [6.45, 7) is 2.37. The summed E-state index contributed by atoms with van der Waals surface area (Å²) in [5.74, 6) is 0.248. The molecular weight excluding hydrogens is 238 g/mol. The van der Waals surface area contributed by atoms with E-state index in [2.05, 4.69) is 29.2 Å². The first-order chi connectivity index (χ1) is 9.22. The lowest BCUT2D eigenvalue weighted by Gasteiger charge is -2.39. The second-order valence-corrected chi connectivity index (χ2v) is 5.50. The molecule has 4 nitrogen and oxygen atoms in total. The molecule has 1 aromatic carbocycles. The number of benzene rings is 1. The monoisotopic (exact) mass is 259 g/mol. The Bertz CT molecular complexity index is 488. The summed E-state index contributed by atoms with van der Waals surface area (Å²) in [7, 11) is 1.89. The van der Waals surface area contributed by atoms with Crippen molar-refractivity contribution in [2.45, 2.75) is 24.9 Å². The average molecular weight is 259 g/mol. The van der Waals surface area contributed by atoms with Crippen LogP contribution < -0.4 is 5.73 Å². The molecule has 2 atom stereocenters. The number of fused-ring (bicyclic) bond motifs is 1. The number of rotatable bonds is 2. The molecule has 0 saturated carbocycles. The van der Waals surface area contributed by atoms with Crippen molar-refractivity contribution in [3.8, 4) is 0 Å². The minimum Gasteiger partial charge on any atom is -0.344 e. The summed E-state index contributed by atoms with van der Waals surface area (Å²) in [6, 6.07) is 8.68. The number of amides is 1. The van der Waals surface area contributed by atoms with E-state index >= 15 is 0 Å². The lowest BCUT2D eigenvalue weighted by molar-refractivity contribution is -0.132. The number of nitrogens with zero attached hydrogens (tertiary/aromatic N) is 2. The van der Waals surface area contributed by atoms with Crippen molar-refractivity contribution in [1.29, 1.82) is 0 Å². The topological polar surface area (TPSA) is 49.6 Å². The van der Waals surface area contributed by atoms with Gasteiger partial charge in [0.25, 0.3) is 0 Å². The molecule has 0 aromatic heterocycles. The summed E-state index contributed by atoms with van der Waals surface area (Å²) in [6.07, 6.45) is 1.94. The third kappa shape index (κ3) is 2.05. The number of hydrogen-bond donors (Lipinski definition) is 1. The van der Waals surface area contributed by atoms with Gasteiger partial charge in [0.15, 0.2) is 0 Å². The van der Waals surface area contributed by atoms with Crippen LogP contribution in [0.15, 0.2) is 24.3 Å². The Morgan fingerprint density at radius 3 is 2.79 bits per heavy atom. The van der Waals surface area contributed by atoms with E-state index in [4.69, 9.17) is 5.73 Å². The zero-order valence-electron chi connectivity index (χ0n) is 11.4. The minimum absolute atomic E-state index is 0.0203. The fourth-order valence-corrected chi connectivity index (χ4v) is 3.42. The molecule has 2 aliphatic heterocycles. The second kappa shape index (κ2) is 4.94. The van der Waals surface area contributed by atoms with E-state index in [-0.39, 0.29) is 18.0 Å². The Labute approximate surface area is 114 Å². The SMILES string of the molecule is CN1CCC(N2CCc3ccccc3C2CN)C1=O.